The van der Waals surface area contributed by atoms with Crippen LogP contribution in [0.4, 0.5) is 0 Å². The van der Waals surface area contributed by atoms with E-state index in [0.717, 1.165) is 12.8 Å². The minimum Gasteiger partial charge on any atom is -0.349 e. The van der Waals surface area contributed by atoms with Crippen LogP contribution in [0.25, 0.3) is 0 Å². The number of sulfonamides is 1. The molecule has 0 aliphatic heterocycles. The molecule has 0 unspecified atom stereocenters. The molecule has 0 spiro atoms. The van der Waals surface area contributed by atoms with Crippen LogP contribution in [0.2, 0.25) is 0 Å². The van der Waals surface area contributed by atoms with Gasteiger partial charge in [0.1, 0.15) is 0 Å². The van der Waals surface area contributed by atoms with Gasteiger partial charge in [0.25, 0.3) is 0 Å². The van der Waals surface area contributed by atoms with Gasteiger partial charge in [-0.25, -0.2) is 13.1 Å². The number of nitrogens with one attached hydrogen (secondary N) is 2. The van der Waals surface area contributed by atoms with E-state index in [9.17, 15) is 13.2 Å². The Hall–Kier alpha value is -1.44. The second kappa shape index (κ2) is 8.26. The highest BCUT2D eigenvalue weighted by molar-refractivity contribution is 7.89. The topological polar surface area (TPSA) is 101 Å². The van der Waals surface area contributed by atoms with Gasteiger partial charge in [0.2, 0.25) is 15.9 Å². The minimum absolute atomic E-state index is 0.0527. The van der Waals surface area contributed by atoms with Crippen molar-refractivity contribution in [2.45, 2.75) is 43.5 Å². The number of hydrogen-bond donors (Lipinski definition) is 3. The van der Waals surface area contributed by atoms with E-state index in [1.165, 1.54) is 12.1 Å². The summed E-state index contributed by atoms with van der Waals surface area (Å²) in [6.45, 7) is 4.35. The highest BCUT2D eigenvalue weighted by atomic mass is 32.2. The van der Waals surface area contributed by atoms with Crippen LogP contribution >= 0.6 is 0 Å². The summed E-state index contributed by atoms with van der Waals surface area (Å²) in [6.07, 6.45) is 1.55. The lowest BCUT2D eigenvalue weighted by Gasteiger charge is -2.31. The lowest BCUT2D eigenvalue weighted by molar-refractivity contribution is -0.122. The van der Waals surface area contributed by atoms with Crippen LogP contribution in [0, 0.1) is 0 Å². The Labute approximate surface area is 132 Å². The summed E-state index contributed by atoms with van der Waals surface area (Å²) in [7, 11) is -3.57. The van der Waals surface area contributed by atoms with Gasteiger partial charge in [0.15, 0.2) is 0 Å². The number of nitrogens with two attached hydrogens (primary N) is 1. The van der Waals surface area contributed by atoms with E-state index >= 15 is 0 Å². The van der Waals surface area contributed by atoms with E-state index in [4.69, 9.17) is 5.73 Å². The van der Waals surface area contributed by atoms with Gasteiger partial charge >= 0.3 is 0 Å². The molecular weight excluding hydrogens is 302 g/mol. The highest BCUT2D eigenvalue weighted by Gasteiger charge is 2.26. The Morgan fingerprint density at radius 1 is 1.18 bits per heavy atom. The van der Waals surface area contributed by atoms with Crippen molar-refractivity contribution in [3.05, 3.63) is 30.3 Å². The third-order valence-electron chi connectivity index (χ3n) is 3.85. The molecule has 1 aromatic rings. The van der Waals surface area contributed by atoms with Crippen molar-refractivity contribution in [3.8, 4) is 0 Å². The first-order valence-electron chi connectivity index (χ1n) is 7.45. The summed E-state index contributed by atoms with van der Waals surface area (Å²) in [5, 5.41) is 2.91. The fraction of sp³-hybridized carbons (Fsp3) is 0.533. The molecule has 1 amide bonds. The molecule has 0 bridgehead atoms. The Balaban J connectivity index is 2.52. The summed E-state index contributed by atoms with van der Waals surface area (Å²) in [4.78, 5) is 12.1. The van der Waals surface area contributed by atoms with Crippen molar-refractivity contribution < 1.29 is 13.2 Å². The number of amides is 1. The molecule has 0 aliphatic carbocycles. The largest absolute Gasteiger partial charge is 0.349 e. The zero-order chi connectivity index (χ0) is 16.6. The van der Waals surface area contributed by atoms with Crippen LogP contribution in [0.15, 0.2) is 35.2 Å². The quantitative estimate of drug-likeness (QED) is 0.629. The fourth-order valence-corrected chi connectivity index (χ4v) is 3.16. The number of carbonyl (C=O) groups excluding carboxylic acids is 1. The average Bonchev–Trinajstić information content (AvgIpc) is 2.53. The van der Waals surface area contributed by atoms with E-state index in [-0.39, 0.29) is 23.8 Å². The van der Waals surface area contributed by atoms with Gasteiger partial charge in [-0.05, 0) is 25.0 Å². The Kier molecular flexibility index (Phi) is 6.99. The molecule has 1 rings (SSSR count). The number of benzene rings is 1. The first-order chi connectivity index (χ1) is 10.4. The molecule has 0 aliphatic rings. The maximum absolute atomic E-state index is 12.0. The van der Waals surface area contributed by atoms with Crippen LogP contribution in [0.3, 0.4) is 0 Å². The van der Waals surface area contributed by atoms with E-state index in [0.29, 0.717) is 6.54 Å². The first kappa shape index (κ1) is 18.6. The van der Waals surface area contributed by atoms with Crippen molar-refractivity contribution in [2.24, 2.45) is 5.73 Å². The van der Waals surface area contributed by atoms with Crippen molar-refractivity contribution in [1.29, 1.82) is 0 Å². The van der Waals surface area contributed by atoms with Gasteiger partial charge in [-0.3, -0.25) is 4.79 Å². The standard InChI is InChI=1S/C15H25N3O3S/c1-3-15(4-2,12-16)18-14(19)10-11-17-22(20,21)13-8-6-5-7-9-13/h5-9,17H,3-4,10-12,16H2,1-2H3,(H,18,19). The summed E-state index contributed by atoms with van der Waals surface area (Å²) < 4.78 is 26.4. The van der Waals surface area contributed by atoms with Crippen LogP contribution in [0.5, 0.6) is 0 Å². The van der Waals surface area contributed by atoms with Crippen molar-refractivity contribution in [3.63, 3.8) is 0 Å². The predicted octanol–water partition coefficient (Wildman–Crippen LogP) is 0.989. The molecule has 22 heavy (non-hydrogen) atoms. The van der Waals surface area contributed by atoms with E-state index in [1.54, 1.807) is 18.2 Å². The molecular formula is C15H25N3O3S. The van der Waals surface area contributed by atoms with Crippen LogP contribution in [0.1, 0.15) is 33.1 Å². The van der Waals surface area contributed by atoms with E-state index < -0.39 is 15.6 Å². The summed E-state index contributed by atoms with van der Waals surface area (Å²) >= 11 is 0. The molecule has 0 aromatic heterocycles. The molecule has 0 fully saturated rings. The SMILES string of the molecule is CCC(CC)(CN)NC(=O)CCNS(=O)(=O)c1ccccc1. The molecule has 124 valence electrons. The monoisotopic (exact) mass is 327 g/mol. The number of hydrogen-bond acceptors (Lipinski definition) is 4. The zero-order valence-corrected chi connectivity index (χ0v) is 13.9. The lowest BCUT2D eigenvalue weighted by Crippen LogP contribution is -2.53. The van der Waals surface area contributed by atoms with Crippen molar-refractivity contribution in [1.82, 2.24) is 10.0 Å². The summed E-state index contributed by atoms with van der Waals surface area (Å²) in [5.74, 6) is -0.204. The second-order valence-electron chi connectivity index (χ2n) is 5.20. The van der Waals surface area contributed by atoms with Crippen molar-refractivity contribution >= 4 is 15.9 Å². The summed E-state index contributed by atoms with van der Waals surface area (Å²) in [5.41, 5.74) is 5.32. The average molecular weight is 327 g/mol. The highest BCUT2D eigenvalue weighted by Crippen LogP contribution is 2.13. The third-order valence-corrected chi connectivity index (χ3v) is 5.32. The van der Waals surface area contributed by atoms with Gasteiger partial charge in [0, 0.05) is 19.5 Å². The second-order valence-corrected chi connectivity index (χ2v) is 6.97. The molecule has 1 aromatic carbocycles. The lowest BCUT2D eigenvalue weighted by atomic mass is 9.93. The maximum atomic E-state index is 12.0. The van der Waals surface area contributed by atoms with Gasteiger partial charge in [-0.2, -0.15) is 0 Å². The van der Waals surface area contributed by atoms with Crippen LogP contribution in [-0.4, -0.2) is 33.0 Å². The number of rotatable bonds is 9. The van der Waals surface area contributed by atoms with Crippen molar-refractivity contribution in [2.75, 3.05) is 13.1 Å². The van der Waals surface area contributed by atoms with Gasteiger partial charge in [-0.15, -0.1) is 0 Å². The molecule has 0 saturated heterocycles. The molecule has 0 atom stereocenters. The smallest absolute Gasteiger partial charge is 0.240 e. The third kappa shape index (κ3) is 5.08. The van der Waals surface area contributed by atoms with Gasteiger partial charge < -0.3 is 11.1 Å². The van der Waals surface area contributed by atoms with E-state index in [1.807, 2.05) is 13.8 Å². The fourth-order valence-electron chi connectivity index (χ4n) is 2.11. The molecule has 0 heterocycles. The van der Waals surface area contributed by atoms with Gasteiger partial charge in [-0.1, -0.05) is 32.0 Å². The predicted molar refractivity (Wildman–Crippen MR) is 86.8 cm³/mol. The first-order valence-corrected chi connectivity index (χ1v) is 8.93. The molecule has 0 radical (unpaired) electrons. The Morgan fingerprint density at radius 3 is 2.27 bits per heavy atom. The molecule has 4 N–H and O–H groups in total. The molecule has 0 saturated carbocycles. The Bertz CT molecular complexity index is 561. The van der Waals surface area contributed by atoms with Crippen LogP contribution in [-0.2, 0) is 14.8 Å². The van der Waals surface area contributed by atoms with Gasteiger partial charge in [0.05, 0.1) is 10.4 Å². The maximum Gasteiger partial charge on any atom is 0.240 e. The summed E-state index contributed by atoms with van der Waals surface area (Å²) in [6, 6.07) is 8.07. The molecule has 6 nitrogen and oxygen atoms in total. The normalized spacial score (nSPS) is 12.1. The van der Waals surface area contributed by atoms with Crippen LogP contribution < -0.4 is 15.8 Å². The molecule has 7 heteroatoms. The Morgan fingerprint density at radius 2 is 1.77 bits per heavy atom. The van der Waals surface area contributed by atoms with E-state index in [2.05, 4.69) is 10.0 Å². The minimum atomic E-state index is -3.57. The zero-order valence-electron chi connectivity index (χ0n) is 13.1. The number of carbonyl (C=O) groups is 1.